The number of rotatable bonds is 3. The first-order valence-corrected chi connectivity index (χ1v) is 8.56. The predicted octanol–water partition coefficient (Wildman–Crippen LogP) is 4.93. The molecular formula is C21H25NO2. The molecule has 3 nitrogen and oxygen atoms in total. The Morgan fingerprint density at radius 3 is 2.25 bits per heavy atom. The van der Waals surface area contributed by atoms with Crippen LogP contribution in [0, 0.1) is 0 Å². The van der Waals surface area contributed by atoms with E-state index in [4.69, 9.17) is 4.74 Å². The number of hydrogen-bond donors (Lipinski definition) is 1. The minimum absolute atomic E-state index is 0.0768. The third kappa shape index (κ3) is 2.79. The van der Waals surface area contributed by atoms with Crippen LogP contribution in [0.5, 0.6) is 5.75 Å². The molecule has 0 fully saturated rings. The van der Waals surface area contributed by atoms with Gasteiger partial charge in [0, 0.05) is 5.56 Å². The maximum atomic E-state index is 12.8. The molecule has 0 unspecified atom stereocenters. The molecule has 3 rings (SSSR count). The molecule has 0 bridgehead atoms. The molecule has 1 N–H and O–H groups in total. The Kier molecular flexibility index (Phi) is 4.12. The number of hydrogen-bond acceptors (Lipinski definition) is 2. The number of carbonyl (C=O) groups excluding carboxylic acids is 1. The van der Waals surface area contributed by atoms with Crippen molar-refractivity contribution in [3.8, 4) is 5.75 Å². The van der Waals surface area contributed by atoms with Crippen LogP contribution in [0.15, 0.2) is 42.5 Å². The van der Waals surface area contributed by atoms with E-state index in [1.54, 1.807) is 0 Å². The van der Waals surface area contributed by atoms with Crippen molar-refractivity contribution in [3.05, 3.63) is 64.7 Å². The van der Waals surface area contributed by atoms with Gasteiger partial charge in [0.05, 0.1) is 5.56 Å². The Morgan fingerprint density at radius 2 is 1.67 bits per heavy atom. The fourth-order valence-corrected chi connectivity index (χ4v) is 3.12. The van der Waals surface area contributed by atoms with E-state index < -0.39 is 5.72 Å². The predicted molar refractivity (Wildman–Crippen MR) is 96.5 cm³/mol. The van der Waals surface area contributed by atoms with Gasteiger partial charge in [-0.2, -0.15) is 0 Å². The quantitative estimate of drug-likeness (QED) is 0.870. The van der Waals surface area contributed by atoms with Crippen LogP contribution in [-0.4, -0.2) is 5.91 Å². The SMILES string of the molecule is CC(C)c1cc2c(c(C(C)C)c1)O[C@@](C)(c1ccccc1)NC2=O. The van der Waals surface area contributed by atoms with Gasteiger partial charge in [-0.15, -0.1) is 0 Å². The lowest BCUT2D eigenvalue weighted by atomic mass is 9.90. The summed E-state index contributed by atoms with van der Waals surface area (Å²) in [6, 6.07) is 14.0. The highest BCUT2D eigenvalue weighted by Crippen LogP contribution is 2.40. The summed E-state index contributed by atoms with van der Waals surface area (Å²) in [5, 5.41) is 3.04. The average molecular weight is 323 g/mol. The number of ether oxygens (including phenoxy) is 1. The van der Waals surface area contributed by atoms with Crippen molar-refractivity contribution in [2.24, 2.45) is 0 Å². The summed E-state index contributed by atoms with van der Waals surface area (Å²) >= 11 is 0. The van der Waals surface area contributed by atoms with Crippen molar-refractivity contribution in [2.75, 3.05) is 0 Å². The summed E-state index contributed by atoms with van der Waals surface area (Å²) in [4.78, 5) is 12.8. The maximum absolute atomic E-state index is 12.8. The molecular weight excluding hydrogens is 298 g/mol. The van der Waals surface area contributed by atoms with Gasteiger partial charge in [0.15, 0.2) is 0 Å². The Balaban J connectivity index is 2.15. The third-order valence-electron chi connectivity index (χ3n) is 4.66. The van der Waals surface area contributed by atoms with Gasteiger partial charge < -0.3 is 10.1 Å². The maximum Gasteiger partial charge on any atom is 0.258 e. The monoisotopic (exact) mass is 323 g/mol. The van der Waals surface area contributed by atoms with E-state index in [-0.39, 0.29) is 11.8 Å². The Hall–Kier alpha value is -2.29. The second-order valence-electron chi connectivity index (χ2n) is 7.25. The molecule has 24 heavy (non-hydrogen) atoms. The van der Waals surface area contributed by atoms with Gasteiger partial charge >= 0.3 is 0 Å². The molecule has 1 aliphatic rings. The van der Waals surface area contributed by atoms with E-state index >= 15 is 0 Å². The van der Waals surface area contributed by atoms with Crippen LogP contribution >= 0.6 is 0 Å². The van der Waals surface area contributed by atoms with E-state index in [9.17, 15) is 4.79 Å². The van der Waals surface area contributed by atoms with Crippen molar-refractivity contribution in [1.29, 1.82) is 0 Å². The molecule has 0 spiro atoms. The lowest BCUT2D eigenvalue weighted by molar-refractivity contribution is 0.0279. The van der Waals surface area contributed by atoms with E-state index in [1.165, 1.54) is 5.56 Å². The fourth-order valence-electron chi connectivity index (χ4n) is 3.12. The van der Waals surface area contributed by atoms with Crippen LogP contribution in [-0.2, 0) is 5.72 Å². The number of benzene rings is 2. The van der Waals surface area contributed by atoms with Gasteiger partial charge in [-0.05, 0) is 36.0 Å². The van der Waals surface area contributed by atoms with Crippen molar-refractivity contribution in [2.45, 2.75) is 52.2 Å². The zero-order valence-electron chi connectivity index (χ0n) is 15.0. The van der Waals surface area contributed by atoms with E-state index in [0.29, 0.717) is 17.2 Å². The number of fused-ring (bicyclic) bond motifs is 1. The first-order chi connectivity index (χ1) is 11.3. The Bertz CT molecular complexity index is 765. The first kappa shape index (κ1) is 16.6. The van der Waals surface area contributed by atoms with E-state index in [2.05, 4.69) is 39.1 Å². The van der Waals surface area contributed by atoms with Crippen LogP contribution in [0.25, 0.3) is 0 Å². The van der Waals surface area contributed by atoms with Crippen LogP contribution in [0.2, 0.25) is 0 Å². The molecule has 1 aliphatic heterocycles. The molecule has 3 heteroatoms. The fraction of sp³-hybridized carbons (Fsp3) is 0.381. The summed E-state index contributed by atoms with van der Waals surface area (Å²) in [6.45, 7) is 10.5. The molecule has 0 radical (unpaired) electrons. The standard InChI is InChI=1S/C21H25NO2/c1-13(2)15-11-17(14(3)4)19-18(12-15)20(23)22-21(5,24-19)16-9-7-6-8-10-16/h6-14H,1-5H3,(H,22,23)/t21-/m0/s1. The van der Waals surface area contributed by atoms with Crippen LogP contribution in [0.1, 0.15) is 73.5 Å². The van der Waals surface area contributed by atoms with Gasteiger partial charge in [-0.3, -0.25) is 4.79 Å². The Labute approximate surface area is 144 Å². The van der Waals surface area contributed by atoms with Gasteiger partial charge in [-0.1, -0.05) is 64.1 Å². The van der Waals surface area contributed by atoms with E-state index in [1.807, 2.05) is 43.3 Å². The molecule has 1 amide bonds. The average Bonchev–Trinajstić information content (AvgIpc) is 2.54. The second kappa shape index (κ2) is 5.97. The normalized spacial score (nSPS) is 19.9. The van der Waals surface area contributed by atoms with E-state index in [0.717, 1.165) is 11.1 Å². The zero-order chi connectivity index (χ0) is 17.5. The number of carbonyl (C=O) groups is 1. The molecule has 1 atom stereocenters. The molecule has 1 heterocycles. The van der Waals surface area contributed by atoms with Crippen LogP contribution in [0.3, 0.4) is 0 Å². The van der Waals surface area contributed by atoms with Crippen LogP contribution in [0.4, 0.5) is 0 Å². The molecule has 0 aromatic heterocycles. The number of nitrogens with one attached hydrogen (secondary N) is 1. The number of amides is 1. The minimum Gasteiger partial charge on any atom is -0.463 e. The largest absolute Gasteiger partial charge is 0.463 e. The topological polar surface area (TPSA) is 38.3 Å². The highest BCUT2D eigenvalue weighted by atomic mass is 16.5. The summed E-state index contributed by atoms with van der Waals surface area (Å²) in [6.07, 6.45) is 0. The minimum atomic E-state index is -0.853. The van der Waals surface area contributed by atoms with Crippen molar-refractivity contribution >= 4 is 5.91 Å². The second-order valence-corrected chi connectivity index (χ2v) is 7.25. The summed E-state index contributed by atoms with van der Waals surface area (Å²) in [7, 11) is 0. The van der Waals surface area contributed by atoms with Gasteiger partial charge in [0.2, 0.25) is 5.72 Å². The lowest BCUT2D eigenvalue weighted by Gasteiger charge is -2.38. The highest BCUT2D eigenvalue weighted by Gasteiger charge is 2.39. The van der Waals surface area contributed by atoms with Gasteiger partial charge in [0.25, 0.3) is 5.91 Å². The summed E-state index contributed by atoms with van der Waals surface area (Å²) in [5.74, 6) is 1.28. The van der Waals surface area contributed by atoms with Crippen molar-refractivity contribution < 1.29 is 9.53 Å². The lowest BCUT2D eigenvalue weighted by Crippen LogP contribution is -2.51. The molecule has 0 saturated heterocycles. The third-order valence-corrected chi connectivity index (χ3v) is 4.66. The zero-order valence-corrected chi connectivity index (χ0v) is 15.0. The first-order valence-electron chi connectivity index (χ1n) is 8.56. The molecule has 2 aromatic carbocycles. The highest BCUT2D eigenvalue weighted by molar-refractivity contribution is 5.99. The molecule has 2 aromatic rings. The van der Waals surface area contributed by atoms with Crippen LogP contribution < -0.4 is 10.1 Å². The van der Waals surface area contributed by atoms with Crippen molar-refractivity contribution in [1.82, 2.24) is 5.32 Å². The molecule has 126 valence electrons. The van der Waals surface area contributed by atoms with Gasteiger partial charge in [0.1, 0.15) is 5.75 Å². The molecule has 0 aliphatic carbocycles. The van der Waals surface area contributed by atoms with Crippen molar-refractivity contribution in [3.63, 3.8) is 0 Å². The Morgan fingerprint density at radius 1 is 1.00 bits per heavy atom. The van der Waals surface area contributed by atoms with Gasteiger partial charge in [-0.25, -0.2) is 0 Å². The summed E-state index contributed by atoms with van der Waals surface area (Å²) < 4.78 is 6.37. The smallest absolute Gasteiger partial charge is 0.258 e. The summed E-state index contributed by atoms with van der Waals surface area (Å²) in [5.41, 5.74) is 2.98. The molecule has 0 saturated carbocycles.